The summed E-state index contributed by atoms with van der Waals surface area (Å²) in [7, 11) is 0. The maximum absolute atomic E-state index is 6.51. The zero-order valence-corrected chi connectivity index (χ0v) is 33.9. The van der Waals surface area contributed by atoms with Crippen LogP contribution < -0.4 is 0 Å². The summed E-state index contributed by atoms with van der Waals surface area (Å²) in [4.78, 5) is 0. The molecule has 2 aromatic heterocycles. The second-order valence-electron chi connectivity index (χ2n) is 17.5. The first-order valence-electron chi connectivity index (χ1n) is 21.8. The first-order valence-corrected chi connectivity index (χ1v) is 21.8. The largest absolute Gasteiger partial charge is 0.456 e. The van der Waals surface area contributed by atoms with E-state index in [-0.39, 0.29) is 0 Å². The van der Waals surface area contributed by atoms with E-state index in [1.54, 1.807) is 0 Å². The van der Waals surface area contributed by atoms with Crippen molar-refractivity contribution in [2.45, 2.75) is 5.41 Å². The maximum atomic E-state index is 6.51. The summed E-state index contributed by atoms with van der Waals surface area (Å²) in [6, 6.07) is 76.4. The van der Waals surface area contributed by atoms with Crippen LogP contribution in [0.25, 0.3) is 121 Å². The van der Waals surface area contributed by atoms with Crippen molar-refractivity contribution in [3.8, 4) is 44.5 Å². The van der Waals surface area contributed by atoms with Crippen LogP contribution in [0.1, 0.15) is 22.3 Å². The van der Waals surface area contributed by atoms with Crippen molar-refractivity contribution in [2.24, 2.45) is 0 Å². The third-order valence-corrected chi connectivity index (χ3v) is 14.5. The minimum Gasteiger partial charge on any atom is -0.456 e. The average Bonchev–Trinajstić information content (AvgIpc) is 4.07. The summed E-state index contributed by atoms with van der Waals surface area (Å²) in [5.74, 6) is 0. The van der Waals surface area contributed by atoms with Crippen LogP contribution in [-0.4, -0.2) is 0 Å². The molecule has 0 radical (unpaired) electrons. The van der Waals surface area contributed by atoms with Crippen LogP contribution in [0.2, 0.25) is 0 Å². The number of hydrogen-bond acceptors (Lipinski definition) is 2. The zero-order valence-electron chi connectivity index (χ0n) is 33.9. The van der Waals surface area contributed by atoms with Gasteiger partial charge in [0.2, 0.25) is 0 Å². The van der Waals surface area contributed by atoms with Gasteiger partial charge in [-0.1, -0.05) is 158 Å². The van der Waals surface area contributed by atoms with Crippen molar-refractivity contribution in [1.29, 1.82) is 0 Å². The van der Waals surface area contributed by atoms with E-state index in [0.29, 0.717) is 0 Å². The summed E-state index contributed by atoms with van der Waals surface area (Å²) in [5, 5.41) is 12.1. The average molecular weight is 799 g/mol. The van der Waals surface area contributed by atoms with E-state index in [9.17, 15) is 0 Å². The molecular weight excluding hydrogens is 765 g/mol. The lowest BCUT2D eigenvalue weighted by atomic mass is 9.70. The van der Waals surface area contributed by atoms with Crippen LogP contribution in [0.3, 0.4) is 0 Å². The summed E-state index contributed by atoms with van der Waals surface area (Å²) in [6.07, 6.45) is 0. The minimum atomic E-state index is -0.497. The molecule has 290 valence electrons. The van der Waals surface area contributed by atoms with Crippen LogP contribution in [0.5, 0.6) is 0 Å². The lowest BCUT2D eigenvalue weighted by Gasteiger charge is -2.31. The molecule has 13 aromatic rings. The number of benzene rings is 11. The molecule has 11 aromatic carbocycles. The van der Waals surface area contributed by atoms with Gasteiger partial charge in [-0.3, -0.25) is 0 Å². The van der Waals surface area contributed by atoms with Gasteiger partial charge >= 0.3 is 0 Å². The van der Waals surface area contributed by atoms with E-state index in [2.05, 4.69) is 194 Å². The molecule has 15 rings (SSSR count). The van der Waals surface area contributed by atoms with Gasteiger partial charge in [0.15, 0.2) is 0 Å². The standard InChI is InChI=1S/C61H34O2/c1-2-13-41-39(11-1)40-12-3-4-14-42(40)49-29-35(21-25-43(41)49)37-22-26-46-47-27-23-38(32-56(47)61(55(46)31-37)53-18-8-5-15-44(53)45-16-6-9-19-54(45)61)36-24-28-58-50(30-36)52-34-59-51(33-60(52)63-58)48-17-7-10-20-57(48)62-59/h1-34H. The van der Waals surface area contributed by atoms with Crippen molar-refractivity contribution in [3.05, 3.63) is 229 Å². The molecule has 2 heterocycles. The van der Waals surface area contributed by atoms with E-state index >= 15 is 0 Å². The van der Waals surface area contributed by atoms with Gasteiger partial charge in [-0.2, -0.15) is 0 Å². The Kier molecular flexibility index (Phi) is 6.38. The summed E-state index contributed by atoms with van der Waals surface area (Å²) in [6.45, 7) is 0. The molecular formula is C61H34O2. The zero-order chi connectivity index (χ0) is 41.0. The molecule has 0 amide bonds. The van der Waals surface area contributed by atoms with Crippen molar-refractivity contribution in [2.75, 3.05) is 0 Å². The quantitative estimate of drug-likeness (QED) is 0.163. The maximum Gasteiger partial charge on any atom is 0.136 e. The van der Waals surface area contributed by atoms with Crippen LogP contribution in [-0.2, 0) is 5.41 Å². The molecule has 2 heteroatoms. The highest BCUT2D eigenvalue weighted by molar-refractivity contribution is 6.26. The van der Waals surface area contributed by atoms with Gasteiger partial charge < -0.3 is 8.83 Å². The number of hydrogen-bond donors (Lipinski definition) is 0. The van der Waals surface area contributed by atoms with Gasteiger partial charge in [0.05, 0.1) is 5.41 Å². The van der Waals surface area contributed by atoms with E-state index in [4.69, 9.17) is 8.83 Å². The molecule has 2 aliphatic carbocycles. The molecule has 0 N–H and O–H groups in total. The van der Waals surface area contributed by atoms with Gasteiger partial charge in [0, 0.05) is 21.5 Å². The number of fused-ring (bicyclic) bond motifs is 22. The molecule has 0 atom stereocenters. The Hall–Kier alpha value is -8.20. The highest BCUT2D eigenvalue weighted by Crippen LogP contribution is 2.63. The molecule has 0 saturated heterocycles. The van der Waals surface area contributed by atoms with E-state index < -0.39 is 5.41 Å². The van der Waals surface area contributed by atoms with E-state index in [1.165, 1.54) is 93.5 Å². The first-order chi connectivity index (χ1) is 31.2. The second kappa shape index (κ2) is 12.0. The van der Waals surface area contributed by atoms with Crippen molar-refractivity contribution in [3.63, 3.8) is 0 Å². The normalized spacial score (nSPS) is 13.5. The van der Waals surface area contributed by atoms with Crippen LogP contribution in [0.15, 0.2) is 215 Å². The molecule has 0 aliphatic heterocycles. The monoisotopic (exact) mass is 798 g/mol. The van der Waals surface area contributed by atoms with Gasteiger partial charge in [-0.15, -0.1) is 0 Å². The SMILES string of the molecule is c1ccc2c(c1)-c1ccccc1C21c2cc(-c3ccc4oc5cc6c(cc5c4c3)oc3ccccc36)ccc2-c2ccc(-c3ccc4c5ccccc5c5ccccc5c4c3)cc21. The first kappa shape index (κ1) is 33.5. The molecule has 2 nitrogen and oxygen atoms in total. The molecule has 63 heavy (non-hydrogen) atoms. The lowest BCUT2D eigenvalue weighted by Crippen LogP contribution is -2.26. The molecule has 1 spiro atoms. The third-order valence-electron chi connectivity index (χ3n) is 14.5. The summed E-state index contributed by atoms with van der Waals surface area (Å²) in [5.41, 5.74) is 18.3. The molecule has 0 saturated carbocycles. The smallest absolute Gasteiger partial charge is 0.136 e. The van der Waals surface area contributed by atoms with Crippen molar-refractivity contribution in [1.82, 2.24) is 0 Å². The fourth-order valence-electron chi connectivity index (χ4n) is 11.8. The Labute approximate surface area is 361 Å². The fourth-order valence-corrected chi connectivity index (χ4v) is 11.8. The highest BCUT2D eigenvalue weighted by atomic mass is 16.3. The number of para-hydroxylation sites is 1. The highest BCUT2D eigenvalue weighted by Gasteiger charge is 2.51. The fraction of sp³-hybridized carbons (Fsp3) is 0.0164. The van der Waals surface area contributed by atoms with Gasteiger partial charge in [-0.05, 0) is 148 Å². The number of rotatable bonds is 2. The molecule has 0 fully saturated rings. The van der Waals surface area contributed by atoms with E-state index in [0.717, 1.165) is 49.4 Å². The predicted octanol–water partition coefficient (Wildman–Crippen LogP) is 16.6. The lowest BCUT2D eigenvalue weighted by molar-refractivity contribution is 0.664. The van der Waals surface area contributed by atoms with Gasteiger partial charge in [-0.25, -0.2) is 0 Å². The topological polar surface area (TPSA) is 26.3 Å². The Morgan fingerprint density at radius 3 is 1.21 bits per heavy atom. The Balaban J connectivity index is 0.944. The van der Waals surface area contributed by atoms with Gasteiger partial charge in [0.1, 0.15) is 22.3 Å². The third kappa shape index (κ3) is 4.32. The molecule has 2 aliphatic rings. The second-order valence-corrected chi connectivity index (χ2v) is 17.5. The van der Waals surface area contributed by atoms with E-state index in [1.807, 2.05) is 12.1 Å². The minimum absolute atomic E-state index is 0.497. The Morgan fingerprint density at radius 2 is 0.603 bits per heavy atom. The Morgan fingerprint density at radius 1 is 0.222 bits per heavy atom. The number of furan rings is 2. The van der Waals surface area contributed by atoms with Crippen molar-refractivity contribution < 1.29 is 8.83 Å². The van der Waals surface area contributed by atoms with Crippen LogP contribution in [0, 0.1) is 0 Å². The summed E-state index contributed by atoms with van der Waals surface area (Å²) < 4.78 is 12.8. The van der Waals surface area contributed by atoms with Crippen molar-refractivity contribution >= 4 is 76.2 Å². The summed E-state index contributed by atoms with van der Waals surface area (Å²) >= 11 is 0. The van der Waals surface area contributed by atoms with Crippen LogP contribution >= 0.6 is 0 Å². The predicted molar refractivity (Wildman–Crippen MR) is 261 cm³/mol. The van der Waals surface area contributed by atoms with Crippen LogP contribution in [0.4, 0.5) is 0 Å². The molecule has 0 unspecified atom stereocenters. The molecule has 0 bridgehead atoms. The van der Waals surface area contributed by atoms with Gasteiger partial charge in [0.25, 0.3) is 0 Å². The Bertz CT molecular complexity index is 4080.